The second-order valence-corrected chi connectivity index (χ2v) is 17.8. The van der Waals surface area contributed by atoms with Crippen molar-refractivity contribution in [2.75, 3.05) is 62.5 Å². The Morgan fingerprint density at radius 3 is 2.61 bits per heavy atom. The Labute approximate surface area is 374 Å². The molecule has 14 nitrogen and oxygen atoms in total. The molecule has 0 spiro atoms. The van der Waals surface area contributed by atoms with Crippen LogP contribution in [-0.4, -0.2) is 86.4 Å². The van der Waals surface area contributed by atoms with Crippen LogP contribution in [0.4, 0.5) is 17.1 Å². The van der Waals surface area contributed by atoms with Gasteiger partial charge in [-0.2, -0.15) is 0 Å². The number of piperazine rings is 1. The van der Waals surface area contributed by atoms with Gasteiger partial charge in [0.25, 0.3) is 21.6 Å². The molecular weight excluding hydrogens is 818 g/mol. The number of nitro groups is 1. The highest BCUT2D eigenvalue weighted by atomic mass is 35.5. The van der Waals surface area contributed by atoms with Gasteiger partial charge in [0.1, 0.15) is 22.8 Å². The van der Waals surface area contributed by atoms with Crippen LogP contribution < -0.4 is 19.7 Å². The summed E-state index contributed by atoms with van der Waals surface area (Å²) in [6.07, 6.45) is 5.06. The van der Waals surface area contributed by atoms with Crippen molar-refractivity contribution in [1.82, 2.24) is 19.6 Å². The maximum atomic E-state index is 14.1. The van der Waals surface area contributed by atoms with Gasteiger partial charge in [0.2, 0.25) is 0 Å². The fourth-order valence-electron chi connectivity index (χ4n) is 7.36. The summed E-state index contributed by atoms with van der Waals surface area (Å²) in [5.41, 5.74) is 0.238. The number of hydrogen-bond donors (Lipinski definition) is 3. The van der Waals surface area contributed by atoms with Gasteiger partial charge in [0, 0.05) is 94.9 Å². The molecule has 4 heterocycles. The summed E-state index contributed by atoms with van der Waals surface area (Å²) in [6, 6.07) is 15.6. The standard InChI is InChI=1S/C45H50ClN7O7S/c1-45(2)15-11-33(39(26-45)31-3-5-34(46)6-4-31)29-51-17-19-52(20-18-51)35-7-9-38(42(24-35)60-36-23-32-12-16-47-43(32)49-28-36)44(54)50-61(57,58)37-8-10-40(41(25-37)53(55)56)48-27-30-13-21-59-22-14-30/h3-10,12,16,23-25,28,30,48H,11,13-15,17-22,26-27,29H2,1-2H3,(H,47,49)(H,50,54)/i17D2,18D2,19D2,20D2,27D2. The third-order valence-electron chi connectivity index (χ3n) is 10.7. The lowest BCUT2D eigenvalue weighted by molar-refractivity contribution is -0.384. The number of amides is 1. The van der Waals surface area contributed by atoms with Gasteiger partial charge in [-0.1, -0.05) is 43.2 Å². The van der Waals surface area contributed by atoms with Crippen molar-refractivity contribution in [3.63, 3.8) is 0 Å². The van der Waals surface area contributed by atoms with Crippen LogP contribution in [0.15, 0.2) is 95.7 Å². The van der Waals surface area contributed by atoms with Crippen molar-refractivity contribution < 1.29 is 41.3 Å². The van der Waals surface area contributed by atoms with Crippen molar-refractivity contribution in [1.29, 1.82) is 0 Å². The van der Waals surface area contributed by atoms with E-state index in [0.717, 1.165) is 41.5 Å². The number of nitrogens with zero attached hydrogens (tertiary/aromatic N) is 4. The van der Waals surface area contributed by atoms with Crippen LogP contribution in [-0.2, 0) is 14.8 Å². The number of ether oxygens (including phenoxy) is 2. The fourth-order valence-corrected chi connectivity index (χ4v) is 8.47. The number of pyridine rings is 1. The van der Waals surface area contributed by atoms with Gasteiger partial charge in [-0.15, -0.1) is 0 Å². The lowest BCUT2D eigenvalue weighted by atomic mass is 9.72. The molecule has 16 heteroatoms. The normalized spacial score (nSPS) is 23.6. The smallest absolute Gasteiger partial charge is 0.293 e. The van der Waals surface area contributed by atoms with E-state index in [1.54, 1.807) is 36.5 Å². The number of carbonyl (C=O) groups excluding carboxylic acids is 1. The summed E-state index contributed by atoms with van der Waals surface area (Å²) in [7, 11) is -4.96. The minimum absolute atomic E-state index is 0.0348. The number of aromatic amines is 1. The fraction of sp³-hybridized carbons (Fsp3) is 0.378. The molecular formula is C45H50ClN7O7S. The van der Waals surface area contributed by atoms with Gasteiger partial charge in [-0.3, -0.25) is 19.8 Å². The summed E-state index contributed by atoms with van der Waals surface area (Å²) in [5, 5.41) is 15.8. The van der Waals surface area contributed by atoms with Crippen LogP contribution >= 0.6 is 11.6 Å². The average molecular weight is 879 g/mol. The first-order valence-corrected chi connectivity index (χ1v) is 21.4. The number of sulfonamides is 1. The molecule has 1 amide bonds. The van der Waals surface area contributed by atoms with E-state index < -0.39 is 93.4 Å². The number of hydrogen-bond acceptors (Lipinski definition) is 11. The maximum absolute atomic E-state index is 14.1. The first-order valence-electron chi connectivity index (χ1n) is 24.6. The second kappa shape index (κ2) is 17.9. The van der Waals surface area contributed by atoms with E-state index in [2.05, 4.69) is 29.1 Å². The number of halogens is 1. The SMILES string of the molecule is [2H]C([2H])(Nc1ccc(S(=O)(=O)NC(=O)c2ccc(N3C([2H])([2H])C([2H])([2H])N(CC4=C(c5ccc(Cl)cc5)CC(C)(C)CC4)C([2H])([2H])C3([2H])[2H])cc2Oc2cnc3[nH]ccc3c2)cc1[N+](=O)[O-])C1CCOCC1. The first-order chi connectivity index (χ1) is 33.1. The van der Waals surface area contributed by atoms with E-state index in [9.17, 15) is 34.3 Å². The number of aromatic nitrogens is 2. The van der Waals surface area contributed by atoms with Crippen LogP contribution in [0.3, 0.4) is 0 Å². The molecule has 0 radical (unpaired) electrons. The molecule has 0 unspecified atom stereocenters. The highest BCUT2D eigenvalue weighted by Crippen LogP contribution is 2.43. The number of benzene rings is 3. The molecule has 61 heavy (non-hydrogen) atoms. The van der Waals surface area contributed by atoms with Gasteiger partial charge >= 0.3 is 0 Å². The largest absolute Gasteiger partial charge is 0.455 e. The summed E-state index contributed by atoms with van der Waals surface area (Å²) in [4.78, 5) is 32.8. The van der Waals surface area contributed by atoms with Crippen molar-refractivity contribution >= 4 is 61.2 Å². The minimum atomic E-state index is -4.96. The lowest BCUT2D eigenvalue weighted by Crippen LogP contribution is -2.47. The molecule has 2 fully saturated rings. The zero-order valence-electron chi connectivity index (χ0n) is 43.2. The zero-order valence-corrected chi connectivity index (χ0v) is 34.8. The second-order valence-electron chi connectivity index (χ2n) is 15.7. The van der Waals surface area contributed by atoms with E-state index in [4.69, 9.17) is 23.8 Å². The Morgan fingerprint density at radius 1 is 1.08 bits per heavy atom. The van der Waals surface area contributed by atoms with E-state index in [1.165, 1.54) is 12.3 Å². The van der Waals surface area contributed by atoms with Gasteiger partial charge < -0.3 is 24.7 Å². The molecule has 3 aliphatic rings. The maximum Gasteiger partial charge on any atom is 0.293 e. The van der Waals surface area contributed by atoms with Crippen LogP contribution in [0, 0.1) is 21.4 Å². The van der Waals surface area contributed by atoms with E-state index in [1.807, 2.05) is 4.72 Å². The number of nitro benzene ring substituents is 1. The Morgan fingerprint density at radius 2 is 1.85 bits per heavy atom. The predicted molar refractivity (Wildman–Crippen MR) is 237 cm³/mol. The summed E-state index contributed by atoms with van der Waals surface area (Å²) >= 11 is 6.19. The Hall–Kier alpha value is -5.48. The van der Waals surface area contributed by atoms with Crippen molar-refractivity contribution in [2.45, 2.75) is 50.8 Å². The number of carbonyl (C=O) groups is 1. The molecule has 320 valence electrons. The highest BCUT2D eigenvalue weighted by molar-refractivity contribution is 7.90. The average Bonchev–Trinajstić information content (AvgIpc) is 3.76. The lowest BCUT2D eigenvalue weighted by Gasteiger charge is -2.39. The summed E-state index contributed by atoms with van der Waals surface area (Å²) in [5.74, 6) is -2.50. The molecule has 2 aromatic heterocycles. The van der Waals surface area contributed by atoms with E-state index in [0.29, 0.717) is 82.8 Å². The first kappa shape index (κ1) is 31.4. The molecule has 0 saturated carbocycles. The quantitative estimate of drug-likeness (QED) is 0.0764. The molecule has 3 N–H and O–H groups in total. The minimum Gasteiger partial charge on any atom is -0.455 e. The van der Waals surface area contributed by atoms with Crippen molar-refractivity contribution in [2.24, 2.45) is 11.3 Å². The van der Waals surface area contributed by atoms with Gasteiger partial charge in [0.05, 0.1) is 27.1 Å². The van der Waals surface area contributed by atoms with Gasteiger partial charge in [-0.05, 0) is 103 Å². The molecule has 0 atom stereocenters. The number of nitrogens with one attached hydrogen (secondary N) is 3. The van der Waals surface area contributed by atoms with Crippen molar-refractivity contribution in [3.05, 3.63) is 117 Å². The van der Waals surface area contributed by atoms with Gasteiger partial charge in [-0.25, -0.2) is 18.1 Å². The predicted octanol–water partition coefficient (Wildman–Crippen LogP) is 8.66. The number of H-pyrrole nitrogens is 1. The van der Waals surface area contributed by atoms with E-state index in [-0.39, 0.29) is 16.9 Å². The van der Waals surface area contributed by atoms with Crippen LogP contribution in [0.1, 0.15) is 75.6 Å². The molecule has 2 aliphatic heterocycles. The monoisotopic (exact) mass is 877 g/mol. The van der Waals surface area contributed by atoms with E-state index >= 15 is 0 Å². The highest BCUT2D eigenvalue weighted by Gasteiger charge is 2.31. The number of rotatable bonds is 13. The molecule has 3 aromatic carbocycles. The Kier molecular flexibility index (Phi) is 9.19. The summed E-state index contributed by atoms with van der Waals surface area (Å²) < 4.78 is 133. The molecule has 1 aliphatic carbocycles. The van der Waals surface area contributed by atoms with Crippen molar-refractivity contribution in [3.8, 4) is 11.5 Å². The Balaban J connectivity index is 1.15. The van der Waals surface area contributed by atoms with Crippen LogP contribution in [0.5, 0.6) is 11.5 Å². The van der Waals surface area contributed by atoms with Crippen LogP contribution in [0.2, 0.25) is 5.02 Å². The zero-order chi connectivity index (χ0) is 51.7. The molecule has 2 saturated heterocycles. The Bertz CT molecular complexity index is 3020. The topological polar surface area (TPSA) is 172 Å². The number of allylic oxidation sites excluding steroid dienone is 1. The van der Waals surface area contributed by atoms with Gasteiger partial charge in [0.15, 0.2) is 0 Å². The number of anilines is 2. The molecule has 8 rings (SSSR count). The summed E-state index contributed by atoms with van der Waals surface area (Å²) in [6.45, 7) is -11.2. The third-order valence-corrected chi connectivity index (χ3v) is 12.3. The molecule has 5 aromatic rings. The van der Waals surface area contributed by atoms with Crippen LogP contribution in [0.25, 0.3) is 16.6 Å². The third kappa shape index (κ3) is 10.0. The number of fused-ring (bicyclic) bond motifs is 1. The molecule has 0 bridgehead atoms.